The Labute approximate surface area is 176 Å². The van der Waals surface area contributed by atoms with Crippen molar-refractivity contribution < 1.29 is 17.9 Å². The number of anilines is 1. The van der Waals surface area contributed by atoms with Gasteiger partial charge in [0, 0.05) is 36.3 Å². The number of amides is 1. The minimum Gasteiger partial charge on any atom is -0.444 e. The summed E-state index contributed by atoms with van der Waals surface area (Å²) in [6.07, 6.45) is 2.28. The first-order chi connectivity index (χ1) is 14.0. The van der Waals surface area contributed by atoms with Crippen LogP contribution in [0.1, 0.15) is 18.4 Å². The number of halogens is 1. The molecule has 2 aliphatic heterocycles. The summed E-state index contributed by atoms with van der Waals surface area (Å²) in [5, 5.41) is 1.74. The van der Waals surface area contributed by atoms with Gasteiger partial charge >= 0.3 is 6.09 Å². The lowest BCUT2D eigenvalue weighted by molar-refractivity contribution is 0.136. The van der Waals surface area contributed by atoms with Crippen molar-refractivity contribution in [3.05, 3.63) is 46.6 Å². The lowest BCUT2D eigenvalue weighted by Crippen LogP contribution is -2.50. The van der Waals surface area contributed by atoms with Gasteiger partial charge in [0.25, 0.3) is 10.0 Å². The van der Waals surface area contributed by atoms with Gasteiger partial charge in [-0.25, -0.2) is 18.2 Å². The third-order valence-corrected chi connectivity index (χ3v) is 8.41. The van der Waals surface area contributed by atoms with E-state index in [1.54, 1.807) is 16.5 Å². The maximum Gasteiger partial charge on any atom is 0.414 e. The topological polar surface area (TPSA) is 84.2 Å². The molecule has 1 amide bonds. The molecular weight excluding hydrogens is 436 g/mol. The predicted octanol–water partition coefficient (Wildman–Crippen LogP) is 3.36. The zero-order valence-electron chi connectivity index (χ0n) is 15.2. The molecule has 152 valence electrons. The number of benzene rings is 1. The number of imidazole rings is 1. The summed E-state index contributed by atoms with van der Waals surface area (Å²) in [6.45, 7) is 0.828. The summed E-state index contributed by atoms with van der Waals surface area (Å²) >= 11 is 7.46. The average molecular weight is 453 g/mol. The molecule has 1 saturated heterocycles. The van der Waals surface area contributed by atoms with Crippen molar-refractivity contribution >= 4 is 49.7 Å². The maximum atomic E-state index is 13.2. The van der Waals surface area contributed by atoms with Gasteiger partial charge in [-0.1, -0.05) is 29.8 Å². The number of carbonyl (C=O) groups is 1. The van der Waals surface area contributed by atoms with E-state index in [0.717, 1.165) is 11.3 Å². The fraction of sp³-hybridized carbons (Fsp3) is 0.333. The van der Waals surface area contributed by atoms with Gasteiger partial charge in [0.05, 0.1) is 5.69 Å². The Kier molecular flexibility index (Phi) is 4.54. The second-order valence-corrected chi connectivity index (χ2v) is 10.0. The van der Waals surface area contributed by atoms with Crippen molar-refractivity contribution in [1.82, 2.24) is 13.7 Å². The molecule has 0 bridgehead atoms. The molecule has 0 spiro atoms. The number of sulfonamides is 1. The van der Waals surface area contributed by atoms with E-state index in [-0.39, 0.29) is 42.0 Å². The Hall–Kier alpha value is -2.14. The van der Waals surface area contributed by atoms with Gasteiger partial charge in [-0.3, -0.25) is 9.30 Å². The van der Waals surface area contributed by atoms with E-state index in [1.807, 2.05) is 24.3 Å². The quantitative estimate of drug-likeness (QED) is 0.608. The molecule has 1 aromatic carbocycles. The molecule has 11 heteroatoms. The molecule has 3 aromatic rings. The summed E-state index contributed by atoms with van der Waals surface area (Å²) in [6, 6.07) is 7.50. The number of hydrogen-bond donors (Lipinski definition) is 0. The highest BCUT2D eigenvalue weighted by Crippen LogP contribution is 2.34. The van der Waals surface area contributed by atoms with Gasteiger partial charge in [0.1, 0.15) is 6.61 Å². The van der Waals surface area contributed by atoms with Crippen LogP contribution in [-0.4, -0.2) is 47.3 Å². The van der Waals surface area contributed by atoms with Gasteiger partial charge in [-0.15, -0.1) is 11.3 Å². The van der Waals surface area contributed by atoms with Crippen molar-refractivity contribution in [2.75, 3.05) is 18.0 Å². The first-order valence-electron chi connectivity index (χ1n) is 9.12. The highest BCUT2D eigenvalue weighted by Gasteiger charge is 2.38. The van der Waals surface area contributed by atoms with Crippen LogP contribution in [0.25, 0.3) is 4.96 Å². The lowest BCUT2D eigenvalue weighted by Gasteiger charge is -2.39. The van der Waals surface area contributed by atoms with Gasteiger partial charge in [-0.2, -0.15) is 4.31 Å². The van der Waals surface area contributed by atoms with E-state index < -0.39 is 10.0 Å². The zero-order valence-corrected chi connectivity index (χ0v) is 17.6. The van der Waals surface area contributed by atoms with Crippen molar-refractivity contribution in [1.29, 1.82) is 0 Å². The summed E-state index contributed by atoms with van der Waals surface area (Å²) < 4.78 is 34.6. The molecular formula is C18H17ClN4O4S2. The van der Waals surface area contributed by atoms with E-state index in [4.69, 9.17) is 16.3 Å². The summed E-state index contributed by atoms with van der Waals surface area (Å²) in [7, 11) is -3.80. The largest absolute Gasteiger partial charge is 0.444 e. The smallest absolute Gasteiger partial charge is 0.414 e. The standard InChI is InChI=1S/C18H17ClN4O4S2/c19-15-16(22-9-10-28-17(22)20-15)29(25,26)21-7-5-13(6-8-21)23-14-4-2-1-3-12(14)11-27-18(23)24/h1-4,9-10,13H,5-8,11H2. The van der Waals surface area contributed by atoms with Crippen LogP contribution in [0.15, 0.2) is 40.9 Å². The molecule has 8 nitrogen and oxygen atoms in total. The van der Waals surface area contributed by atoms with Gasteiger partial charge in [0.2, 0.25) is 0 Å². The number of ether oxygens (including phenoxy) is 1. The summed E-state index contributed by atoms with van der Waals surface area (Å²) in [4.78, 5) is 18.8. The van der Waals surface area contributed by atoms with E-state index >= 15 is 0 Å². The van der Waals surface area contributed by atoms with Crippen LogP contribution in [0.5, 0.6) is 0 Å². The van der Waals surface area contributed by atoms with Crippen molar-refractivity contribution in [2.45, 2.75) is 30.5 Å². The van der Waals surface area contributed by atoms with Crippen LogP contribution in [0.3, 0.4) is 0 Å². The Morgan fingerprint density at radius 2 is 1.97 bits per heavy atom. The molecule has 0 N–H and O–H groups in total. The van der Waals surface area contributed by atoms with Crippen LogP contribution in [0, 0.1) is 0 Å². The van der Waals surface area contributed by atoms with E-state index in [9.17, 15) is 13.2 Å². The summed E-state index contributed by atoms with van der Waals surface area (Å²) in [5.41, 5.74) is 1.79. The molecule has 0 unspecified atom stereocenters. The minimum atomic E-state index is -3.80. The molecule has 0 saturated carbocycles. The third kappa shape index (κ3) is 3.02. The number of aromatic nitrogens is 2. The van der Waals surface area contributed by atoms with Crippen molar-refractivity contribution in [2.24, 2.45) is 0 Å². The van der Waals surface area contributed by atoms with Crippen molar-refractivity contribution in [3.63, 3.8) is 0 Å². The Balaban J connectivity index is 1.39. The first kappa shape index (κ1) is 18.9. The molecule has 29 heavy (non-hydrogen) atoms. The van der Waals surface area contributed by atoms with Crippen LogP contribution in [0.2, 0.25) is 5.15 Å². The monoisotopic (exact) mass is 452 g/mol. The number of piperidine rings is 1. The van der Waals surface area contributed by atoms with Crippen LogP contribution in [-0.2, 0) is 21.4 Å². The maximum absolute atomic E-state index is 13.2. The Bertz CT molecular complexity index is 1200. The second kappa shape index (κ2) is 6.98. The van der Waals surface area contributed by atoms with Crippen LogP contribution < -0.4 is 4.90 Å². The Morgan fingerprint density at radius 3 is 2.76 bits per heavy atom. The van der Waals surface area contributed by atoms with Crippen LogP contribution >= 0.6 is 22.9 Å². The molecule has 2 aromatic heterocycles. The lowest BCUT2D eigenvalue weighted by atomic mass is 10.0. The minimum absolute atomic E-state index is 0.00315. The molecule has 0 atom stereocenters. The molecule has 5 rings (SSSR count). The average Bonchev–Trinajstić information content (AvgIpc) is 3.28. The fourth-order valence-electron chi connectivity index (χ4n) is 3.95. The van der Waals surface area contributed by atoms with E-state index in [2.05, 4.69) is 4.98 Å². The van der Waals surface area contributed by atoms with E-state index in [0.29, 0.717) is 17.8 Å². The highest BCUT2D eigenvalue weighted by molar-refractivity contribution is 7.89. The highest BCUT2D eigenvalue weighted by atomic mass is 35.5. The van der Waals surface area contributed by atoms with Gasteiger partial charge in [0.15, 0.2) is 15.1 Å². The number of cyclic esters (lactones) is 1. The Morgan fingerprint density at radius 1 is 1.21 bits per heavy atom. The number of hydrogen-bond acceptors (Lipinski definition) is 6. The second-order valence-electron chi connectivity index (χ2n) is 6.95. The fourth-order valence-corrected chi connectivity index (χ4v) is 6.83. The number of fused-ring (bicyclic) bond motifs is 2. The van der Waals surface area contributed by atoms with Gasteiger partial charge in [-0.05, 0) is 18.9 Å². The van der Waals surface area contributed by atoms with E-state index in [1.165, 1.54) is 20.0 Å². The molecule has 1 fully saturated rings. The number of carbonyl (C=O) groups excluding carboxylic acids is 1. The van der Waals surface area contributed by atoms with Gasteiger partial charge < -0.3 is 4.74 Å². The van der Waals surface area contributed by atoms with Crippen LogP contribution in [0.4, 0.5) is 10.5 Å². The predicted molar refractivity (Wildman–Crippen MR) is 109 cm³/mol. The zero-order chi connectivity index (χ0) is 20.2. The molecule has 4 heterocycles. The number of rotatable bonds is 3. The number of thiazole rings is 1. The molecule has 0 radical (unpaired) electrons. The number of nitrogens with zero attached hydrogens (tertiary/aromatic N) is 4. The first-order valence-corrected chi connectivity index (χ1v) is 11.8. The summed E-state index contributed by atoms with van der Waals surface area (Å²) in [5.74, 6) is 0. The molecule has 2 aliphatic rings. The van der Waals surface area contributed by atoms with Crippen molar-refractivity contribution in [3.8, 4) is 0 Å². The number of para-hydroxylation sites is 1. The molecule has 0 aliphatic carbocycles. The normalized spacial score (nSPS) is 18.8. The SMILES string of the molecule is O=C1OCc2ccccc2N1C1CCN(S(=O)(=O)c2c(Cl)nc3sccn23)CC1. The third-order valence-electron chi connectivity index (χ3n) is 5.35.